The van der Waals surface area contributed by atoms with Crippen molar-refractivity contribution in [3.8, 4) is 0 Å². The lowest BCUT2D eigenvalue weighted by Crippen LogP contribution is -2.24. The Hall–Kier alpha value is -1.03. The number of aliphatic hydroxyl groups is 1. The van der Waals surface area contributed by atoms with Crippen LogP contribution in [0.1, 0.15) is 12.8 Å². The molecule has 1 aliphatic carbocycles. The van der Waals surface area contributed by atoms with E-state index in [1.807, 2.05) is 0 Å². The Morgan fingerprint density at radius 1 is 1.77 bits per heavy atom. The van der Waals surface area contributed by atoms with Crippen LogP contribution < -0.4 is 5.32 Å². The summed E-state index contributed by atoms with van der Waals surface area (Å²) >= 11 is 0. The van der Waals surface area contributed by atoms with Gasteiger partial charge in [0.2, 0.25) is 0 Å². The second kappa shape index (κ2) is 4.87. The molecule has 1 rings (SSSR count). The summed E-state index contributed by atoms with van der Waals surface area (Å²) in [7, 11) is 1.33. The zero-order chi connectivity index (χ0) is 9.68. The molecule has 0 aromatic rings. The van der Waals surface area contributed by atoms with Crippen molar-refractivity contribution in [2.24, 2.45) is 5.92 Å². The molecular weight excluding hydrogens is 170 g/mol. The molecule has 0 radical (unpaired) electrons. The van der Waals surface area contributed by atoms with Crippen LogP contribution in [0.15, 0.2) is 12.3 Å². The molecule has 0 heterocycles. The standard InChI is InChI=1S/C9H15NO3/c1-13-9(12)4-5-10-6-8(11)7-2-3-7/h4-5,7-8,10-11H,2-3,6H2,1H3/b5-4+. The van der Waals surface area contributed by atoms with E-state index < -0.39 is 5.97 Å². The number of hydrogen-bond acceptors (Lipinski definition) is 4. The van der Waals surface area contributed by atoms with E-state index in [9.17, 15) is 9.90 Å². The molecule has 4 nitrogen and oxygen atoms in total. The normalized spacial score (nSPS) is 18.6. The van der Waals surface area contributed by atoms with Crippen LogP contribution in [0.5, 0.6) is 0 Å². The van der Waals surface area contributed by atoms with Crippen molar-refractivity contribution in [2.75, 3.05) is 13.7 Å². The Balaban J connectivity index is 2.05. The van der Waals surface area contributed by atoms with Crippen molar-refractivity contribution in [1.29, 1.82) is 0 Å². The smallest absolute Gasteiger partial charge is 0.331 e. The fraction of sp³-hybridized carbons (Fsp3) is 0.667. The highest BCUT2D eigenvalue weighted by atomic mass is 16.5. The molecule has 0 saturated heterocycles. The molecule has 0 aliphatic heterocycles. The summed E-state index contributed by atoms with van der Waals surface area (Å²) in [6.07, 6.45) is 4.73. The summed E-state index contributed by atoms with van der Waals surface area (Å²) in [5, 5.41) is 12.2. The Morgan fingerprint density at radius 3 is 3.00 bits per heavy atom. The zero-order valence-electron chi connectivity index (χ0n) is 7.69. The van der Waals surface area contributed by atoms with Gasteiger partial charge in [0.25, 0.3) is 0 Å². The number of methoxy groups -OCH3 is 1. The van der Waals surface area contributed by atoms with Gasteiger partial charge in [0, 0.05) is 18.8 Å². The molecule has 1 atom stereocenters. The molecule has 0 bridgehead atoms. The molecule has 1 unspecified atom stereocenters. The topological polar surface area (TPSA) is 58.6 Å². The third-order valence-electron chi connectivity index (χ3n) is 2.03. The van der Waals surface area contributed by atoms with Crippen molar-refractivity contribution < 1.29 is 14.6 Å². The van der Waals surface area contributed by atoms with E-state index in [-0.39, 0.29) is 6.10 Å². The minimum absolute atomic E-state index is 0.290. The van der Waals surface area contributed by atoms with Gasteiger partial charge in [-0.2, -0.15) is 0 Å². The van der Waals surface area contributed by atoms with Gasteiger partial charge in [0.1, 0.15) is 0 Å². The molecule has 4 heteroatoms. The summed E-state index contributed by atoms with van der Waals surface area (Å²) in [5.41, 5.74) is 0. The largest absolute Gasteiger partial charge is 0.466 e. The first kappa shape index (κ1) is 10.1. The van der Waals surface area contributed by atoms with Gasteiger partial charge >= 0.3 is 5.97 Å². The first-order valence-corrected chi connectivity index (χ1v) is 4.40. The summed E-state index contributed by atoms with van der Waals surface area (Å²) < 4.78 is 4.39. The summed E-state index contributed by atoms with van der Waals surface area (Å²) in [6, 6.07) is 0. The monoisotopic (exact) mass is 185 g/mol. The quantitative estimate of drug-likeness (QED) is 0.469. The van der Waals surface area contributed by atoms with Gasteiger partial charge in [0.15, 0.2) is 0 Å². The van der Waals surface area contributed by atoms with Gasteiger partial charge in [-0.15, -0.1) is 0 Å². The molecule has 1 aliphatic rings. The van der Waals surface area contributed by atoms with Gasteiger partial charge in [-0.1, -0.05) is 0 Å². The van der Waals surface area contributed by atoms with Crippen LogP contribution in [0.3, 0.4) is 0 Å². The molecule has 13 heavy (non-hydrogen) atoms. The molecule has 0 aromatic heterocycles. The van der Waals surface area contributed by atoms with E-state index in [1.165, 1.54) is 19.4 Å². The summed E-state index contributed by atoms with van der Waals surface area (Å²) in [6.45, 7) is 0.498. The number of ether oxygens (including phenoxy) is 1. The predicted molar refractivity (Wildman–Crippen MR) is 47.9 cm³/mol. The molecule has 1 saturated carbocycles. The number of carbonyl (C=O) groups excluding carboxylic acids is 1. The predicted octanol–water partition coefficient (Wildman–Crippen LogP) is 0.0336. The lowest BCUT2D eigenvalue weighted by Gasteiger charge is -2.07. The maximum Gasteiger partial charge on any atom is 0.331 e. The Bertz CT molecular complexity index is 199. The van der Waals surface area contributed by atoms with Crippen molar-refractivity contribution in [3.05, 3.63) is 12.3 Å². The van der Waals surface area contributed by atoms with Crippen molar-refractivity contribution in [1.82, 2.24) is 5.32 Å². The first-order valence-electron chi connectivity index (χ1n) is 4.40. The fourth-order valence-electron chi connectivity index (χ4n) is 1.03. The number of rotatable bonds is 5. The third kappa shape index (κ3) is 3.94. The Labute approximate surface area is 77.6 Å². The molecule has 74 valence electrons. The molecule has 0 amide bonds. The average Bonchev–Trinajstić information content (AvgIpc) is 2.94. The minimum Gasteiger partial charge on any atom is -0.466 e. The van der Waals surface area contributed by atoms with Crippen LogP contribution in [0.25, 0.3) is 0 Å². The van der Waals surface area contributed by atoms with E-state index in [0.717, 1.165) is 12.8 Å². The van der Waals surface area contributed by atoms with Crippen LogP contribution >= 0.6 is 0 Å². The number of nitrogens with one attached hydrogen (secondary N) is 1. The Morgan fingerprint density at radius 2 is 2.46 bits per heavy atom. The van der Waals surface area contributed by atoms with E-state index in [0.29, 0.717) is 12.5 Å². The maximum atomic E-state index is 10.6. The van der Waals surface area contributed by atoms with Crippen LogP contribution in [0.4, 0.5) is 0 Å². The van der Waals surface area contributed by atoms with Crippen LogP contribution in [-0.2, 0) is 9.53 Å². The molecule has 0 spiro atoms. The first-order chi connectivity index (χ1) is 6.24. The highest BCUT2D eigenvalue weighted by molar-refractivity contribution is 5.81. The molecule has 2 N–H and O–H groups in total. The SMILES string of the molecule is COC(=O)/C=C/NCC(O)C1CC1. The highest BCUT2D eigenvalue weighted by Crippen LogP contribution is 2.32. The highest BCUT2D eigenvalue weighted by Gasteiger charge is 2.28. The van der Waals surface area contributed by atoms with Gasteiger partial charge in [-0.25, -0.2) is 4.79 Å². The zero-order valence-corrected chi connectivity index (χ0v) is 7.69. The average molecular weight is 185 g/mol. The van der Waals surface area contributed by atoms with Gasteiger partial charge in [-0.05, 0) is 18.8 Å². The number of carbonyl (C=O) groups is 1. The Kier molecular flexibility index (Phi) is 3.76. The molecular formula is C9H15NO3. The van der Waals surface area contributed by atoms with Crippen molar-refractivity contribution >= 4 is 5.97 Å². The van der Waals surface area contributed by atoms with Crippen LogP contribution in [-0.4, -0.2) is 30.8 Å². The lowest BCUT2D eigenvalue weighted by molar-refractivity contribution is -0.134. The molecule has 0 aromatic carbocycles. The number of aliphatic hydroxyl groups excluding tert-OH is 1. The van der Waals surface area contributed by atoms with Crippen LogP contribution in [0, 0.1) is 5.92 Å². The molecule has 1 fully saturated rings. The van der Waals surface area contributed by atoms with Crippen LogP contribution in [0.2, 0.25) is 0 Å². The fourth-order valence-corrected chi connectivity index (χ4v) is 1.03. The van der Waals surface area contributed by atoms with Crippen molar-refractivity contribution in [3.63, 3.8) is 0 Å². The summed E-state index contributed by atoms with van der Waals surface area (Å²) in [4.78, 5) is 10.6. The maximum absolute atomic E-state index is 10.6. The second-order valence-corrected chi connectivity index (χ2v) is 3.17. The minimum atomic E-state index is -0.395. The van der Waals surface area contributed by atoms with Crippen molar-refractivity contribution in [2.45, 2.75) is 18.9 Å². The lowest BCUT2D eigenvalue weighted by atomic mass is 10.2. The van der Waals surface area contributed by atoms with E-state index in [2.05, 4.69) is 10.1 Å². The van der Waals surface area contributed by atoms with Gasteiger partial charge in [0.05, 0.1) is 13.2 Å². The van der Waals surface area contributed by atoms with E-state index in [1.54, 1.807) is 0 Å². The number of esters is 1. The second-order valence-electron chi connectivity index (χ2n) is 3.17. The number of hydrogen-bond donors (Lipinski definition) is 2. The van der Waals surface area contributed by atoms with E-state index >= 15 is 0 Å². The third-order valence-corrected chi connectivity index (χ3v) is 2.03. The van der Waals surface area contributed by atoms with Gasteiger partial charge in [-0.3, -0.25) is 0 Å². The van der Waals surface area contributed by atoms with Gasteiger partial charge < -0.3 is 15.2 Å². The summed E-state index contributed by atoms with van der Waals surface area (Å²) in [5.74, 6) is 0.0624. The van der Waals surface area contributed by atoms with E-state index in [4.69, 9.17) is 0 Å².